The zero-order valence-electron chi connectivity index (χ0n) is 19.1. The number of rotatable bonds is 8. The predicted octanol–water partition coefficient (Wildman–Crippen LogP) is 5.15. The lowest BCUT2D eigenvalue weighted by Crippen LogP contribution is -2.38. The van der Waals surface area contributed by atoms with E-state index in [1.54, 1.807) is 37.4 Å². The summed E-state index contributed by atoms with van der Waals surface area (Å²) in [5, 5.41) is 2.80. The molecule has 0 saturated heterocycles. The maximum atomic E-state index is 12.8. The van der Waals surface area contributed by atoms with Crippen LogP contribution in [-0.4, -0.2) is 43.5 Å². The van der Waals surface area contributed by atoms with E-state index in [-0.39, 0.29) is 18.4 Å². The van der Waals surface area contributed by atoms with Crippen LogP contribution >= 0.6 is 0 Å². The van der Waals surface area contributed by atoms with Gasteiger partial charge in [0.2, 0.25) is 0 Å². The molecule has 1 N–H and O–H groups in total. The molecule has 0 spiro atoms. The van der Waals surface area contributed by atoms with Gasteiger partial charge in [-0.3, -0.25) is 9.59 Å². The second-order valence-corrected chi connectivity index (χ2v) is 8.03. The number of allylic oxidation sites excluding steroid dienone is 1. The molecule has 0 bridgehead atoms. The molecule has 32 heavy (non-hydrogen) atoms. The normalized spacial score (nSPS) is 14.2. The van der Waals surface area contributed by atoms with Crippen molar-refractivity contribution in [3.63, 3.8) is 0 Å². The molecule has 6 heteroatoms. The topological polar surface area (TPSA) is 67.9 Å². The Balaban J connectivity index is 1.54. The molecule has 1 saturated carbocycles. The van der Waals surface area contributed by atoms with Crippen LogP contribution in [0, 0.1) is 0 Å². The Morgan fingerprint density at radius 2 is 1.78 bits per heavy atom. The lowest BCUT2D eigenvalue weighted by molar-refractivity contribution is -0.118. The van der Waals surface area contributed by atoms with Crippen molar-refractivity contribution in [1.82, 2.24) is 4.90 Å². The van der Waals surface area contributed by atoms with Crippen molar-refractivity contribution in [2.75, 3.05) is 26.1 Å². The van der Waals surface area contributed by atoms with Gasteiger partial charge in [-0.25, -0.2) is 0 Å². The van der Waals surface area contributed by atoms with Crippen LogP contribution in [0.4, 0.5) is 5.69 Å². The maximum absolute atomic E-state index is 12.8. The Hall–Kier alpha value is -3.28. The zero-order chi connectivity index (χ0) is 22.9. The Labute approximate surface area is 190 Å². The van der Waals surface area contributed by atoms with Crippen molar-refractivity contribution in [1.29, 1.82) is 0 Å². The number of carbonyl (C=O) groups is 2. The monoisotopic (exact) mass is 436 g/mol. The molecular weight excluding hydrogens is 404 g/mol. The van der Waals surface area contributed by atoms with E-state index in [2.05, 4.69) is 5.32 Å². The van der Waals surface area contributed by atoms with Crippen molar-refractivity contribution in [3.8, 4) is 11.5 Å². The summed E-state index contributed by atoms with van der Waals surface area (Å²) < 4.78 is 11.0. The number of carbonyl (C=O) groups excluding carboxylic acids is 2. The van der Waals surface area contributed by atoms with E-state index < -0.39 is 0 Å². The van der Waals surface area contributed by atoms with Gasteiger partial charge in [-0.1, -0.05) is 37.5 Å². The van der Waals surface area contributed by atoms with Crippen LogP contribution in [0.15, 0.2) is 48.5 Å². The standard InChI is InChI=1S/C26H32N2O4/c1-4-8-19-11-16-23(24(17-19)31-3)32-18-25(29)27-21-14-12-20(13-15-21)26(30)28(2)22-9-6-5-7-10-22/h4,8,11-17,22H,5-7,9-10,18H2,1-3H3,(H,27,29)/b8-4+. The minimum Gasteiger partial charge on any atom is -0.493 e. The Kier molecular flexibility index (Phi) is 8.31. The highest BCUT2D eigenvalue weighted by molar-refractivity contribution is 5.96. The van der Waals surface area contributed by atoms with Crippen molar-refractivity contribution in [2.45, 2.75) is 45.1 Å². The van der Waals surface area contributed by atoms with Crippen molar-refractivity contribution >= 4 is 23.6 Å². The van der Waals surface area contributed by atoms with Gasteiger partial charge >= 0.3 is 0 Å². The van der Waals surface area contributed by atoms with Crippen LogP contribution < -0.4 is 14.8 Å². The van der Waals surface area contributed by atoms with Crippen LogP contribution in [-0.2, 0) is 4.79 Å². The molecule has 1 fully saturated rings. The second-order valence-electron chi connectivity index (χ2n) is 8.03. The first kappa shape index (κ1) is 23.4. The summed E-state index contributed by atoms with van der Waals surface area (Å²) >= 11 is 0. The minimum atomic E-state index is -0.289. The first-order chi connectivity index (χ1) is 15.5. The highest BCUT2D eigenvalue weighted by Gasteiger charge is 2.22. The lowest BCUT2D eigenvalue weighted by Gasteiger charge is -2.31. The van der Waals surface area contributed by atoms with Crippen LogP contribution in [0.5, 0.6) is 11.5 Å². The SMILES string of the molecule is C/C=C/c1ccc(OCC(=O)Nc2ccc(C(=O)N(C)C3CCCCC3)cc2)c(OC)c1. The summed E-state index contributed by atoms with van der Waals surface area (Å²) in [6.45, 7) is 1.79. The van der Waals surface area contributed by atoms with Crippen molar-refractivity contribution in [2.24, 2.45) is 0 Å². The van der Waals surface area contributed by atoms with Crippen LogP contribution in [0.3, 0.4) is 0 Å². The van der Waals surface area contributed by atoms with E-state index in [0.29, 0.717) is 28.8 Å². The first-order valence-corrected chi connectivity index (χ1v) is 11.1. The maximum Gasteiger partial charge on any atom is 0.262 e. The number of methoxy groups -OCH3 is 1. The van der Waals surface area contributed by atoms with Crippen molar-refractivity contribution in [3.05, 3.63) is 59.7 Å². The molecule has 2 aromatic carbocycles. The summed E-state index contributed by atoms with van der Waals surface area (Å²) in [5.41, 5.74) is 2.23. The summed E-state index contributed by atoms with van der Waals surface area (Å²) in [4.78, 5) is 26.9. The molecule has 3 rings (SSSR count). The molecule has 0 heterocycles. The third-order valence-corrected chi connectivity index (χ3v) is 5.76. The van der Waals surface area contributed by atoms with Gasteiger partial charge in [-0.05, 0) is 61.7 Å². The number of amides is 2. The molecular formula is C26H32N2O4. The summed E-state index contributed by atoms with van der Waals surface area (Å²) in [7, 11) is 3.45. The van der Waals surface area contributed by atoms with Gasteiger partial charge in [-0.15, -0.1) is 0 Å². The quantitative estimate of drug-likeness (QED) is 0.621. The van der Waals surface area contributed by atoms with Gasteiger partial charge in [0.15, 0.2) is 18.1 Å². The lowest BCUT2D eigenvalue weighted by atomic mass is 9.94. The fraction of sp³-hybridized carbons (Fsp3) is 0.385. The highest BCUT2D eigenvalue weighted by atomic mass is 16.5. The second kappa shape index (κ2) is 11.4. The molecule has 2 aromatic rings. The molecule has 0 aromatic heterocycles. The van der Waals surface area contributed by atoms with E-state index in [1.807, 2.05) is 43.2 Å². The van der Waals surface area contributed by atoms with Crippen LogP contribution in [0.25, 0.3) is 6.08 Å². The number of hydrogen-bond acceptors (Lipinski definition) is 4. The van der Waals surface area contributed by atoms with Crippen LogP contribution in [0.2, 0.25) is 0 Å². The molecule has 170 valence electrons. The van der Waals surface area contributed by atoms with Crippen molar-refractivity contribution < 1.29 is 19.1 Å². The Morgan fingerprint density at radius 3 is 2.44 bits per heavy atom. The molecule has 1 aliphatic rings. The smallest absolute Gasteiger partial charge is 0.262 e. The highest BCUT2D eigenvalue weighted by Crippen LogP contribution is 2.28. The fourth-order valence-corrected chi connectivity index (χ4v) is 3.97. The minimum absolute atomic E-state index is 0.0200. The summed E-state index contributed by atoms with van der Waals surface area (Å²) in [5.74, 6) is 0.801. The van der Waals surface area contributed by atoms with Gasteiger partial charge in [0.25, 0.3) is 11.8 Å². The van der Waals surface area contributed by atoms with E-state index >= 15 is 0 Å². The van der Waals surface area contributed by atoms with E-state index in [1.165, 1.54) is 19.3 Å². The van der Waals surface area contributed by atoms with Gasteiger partial charge in [0, 0.05) is 24.3 Å². The molecule has 1 aliphatic carbocycles. The van der Waals surface area contributed by atoms with Gasteiger partial charge in [0.1, 0.15) is 0 Å². The average molecular weight is 437 g/mol. The number of nitrogens with zero attached hydrogens (tertiary/aromatic N) is 1. The molecule has 0 radical (unpaired) electrons. The third-order valence-electron chi connectivity index (χ3n) is 5.76. The van der Waals surface area contributed by atoms with E-state index in [4.69, 9.17) is 9.47 Å². The molecule has 0 aliphatic heterocycles. The van der Waals surface area contributed by atoms with E-state index in [9.17, 15) is 9.59 Å². The van der Waals surface area contributed by atoms with Gasteiger partial charge in [-0.2, -0.15) is 0 Å². The fourth-order valence-electron chi connectivity index (χ4n) is 3.97. The number of nitrogens with one attached hydrogen (secondary N) is 1. The van der Waals surface area contributed by atoms with Gasteiger partial charge in [0.05, 0.1) is 7.11 Å². The zero-order valence-corrected chi connectivity index (χ0v) is 19.1. The average Bonchev–Trinajstić information content (AvgIpc) is 2.83. The predicted molar refractivity (Wildman–Crippen MR) is 127 cm³/mol. The number of benzene rings is 2. The Bertz CT molecular complexity index is 947. The molecule has 0 atom stereocenters. The van der Waals surface area contributed by atoms with Crippen LogP contribution in [0.1, 0.15) is 54.9 Å². The summed E-state index contributed by atoms with van der Waals surface area (Å²) in [6, 6.07) is 12.8. The third kappa shape index (κ3) is 6.13. The largest absolute Gasteiger partial charge is 0.493 e. The number of ether oxygens (including phenoxy) is 2. The summed E-state index contributed by atoms with van der Waals surface area (Å²) in [6.07, 6.45) is 9.65. The first-order valence-electron chi connectivity index (χ1n) is 11.1. The molecule has 6 nitrogen and oxygen atoms in total. The van der Waals surface area contributed by atoms with Gasteiger partial charge < -0.3 is 19.7 Å². The Morgan fingerprint density at radius 1 is 1.06 bits per heavy atom. The molecule has 0 unspecified atom stereocenters. The molecule has 2 amide bonds. The number of hydrogen-bond donors (Lipinski definition) is 1. The van der Waals surface area contributed by atoms with E-state index in [0.717, 1.165) is 18.4 Å². The number of anilines is 1.